The third-order valence-corrected chi connectivity index (χ3v) is 12.3. The summed E-state index contributed by atoms with van der Waals surface area (Å²) >= 11 is 0. The van der Waals surface area contributed by atoms with Gasteiger partial charge in [-0.2, -0.15) is 0 Å². The lowest BCUT2D eigenvalue weighted by Gasteiger charge is -2.46. The maximum Gasteiger partial charge on any atom is 0.411 e. The summed E-state index contributed by atoms with van der Waals surface area (Å²) < 4.78 is 17.4. The van der Waals surface area contributed by atoms with Crippen molar-refractivity contribution in [2.75, 3.05) is 19.8 Å². The molecule has 0 aliphatic carbocycles. The van der Waals surface area contributed by atoms with E-state index in [4.69, 9.17) is 14.2 Å². The summed E-state index contributed by atoms with van der Waals surface area (Å²) in [6.45, 7) is 8.16. The van der Waals surface area contributed by atoms with Gasteiger partial charge in [0.15, 0.2) is 6.23 Å². The summed E-state index contributed by atoms with van der Waals surface area (Å²) in [5.74, 6) is -0.636. The molecular formula is C51H91N3O9. The smallest absolute Gasteiger partial charge is 0.411 e. The van der Waals surface area contributed by atoms with Crippen LogP contribution in [0.5, 0.6) is 0 Å². The van der Waals surface area contributed by atoms with Crippen LogP contribution in [-0.2, 0) is 25.6 Å². The molecule has 0 unspecified atom stereocenters. The highest BCUT2D eigenvalue weighted by Gasteiger charge is 2.49. The van der Waals surface area contributed by atoms with Crippen LogP contribution in [0, 0.1) is 5.92 Å². The fourth-order valence-corrected chi connectivity index (χ4v) is 8.38. The molecular weight excluding hydrogens is 799 g/mol. The molecule has 63 heavy (non-hydrogen) atoms. The van der Waals surface area contributed by atoms with Gasteiger partial charge in [-0.1, -0.05) is 212 Å². The molecule has 0 bridgehead atoms. The number of alkyl carbamates (subject to hydrolysis) is 1. The van der Waals surface area contributed by atoms with Crippen molar-refractivity contribution in [2.45, 2.75) is 244 Å². The van der Waals surface area contributed by atoms with E-state index in [-0.39, 0.29) is 32.1 Å². The lowest BCUT2D eigenvalue weighted by atomic mass is 9.94. The fourth-order valence-electron chi connectivity index (χ4n) is 8.38. The van der Waals surface area contributed by atoms with E-state index >= 15 is 0 Å². The zero-order valence-electron chi connectivity index (χ0n) is 40.1. The number of rotatable bonds is 37. The highest BCUT2D eigenvalue weighted by molar-refractivity contribution is 5.86. The molecule has 0 spiro atoms. The first-order valence-electron chi connectivity index (χ1n) is 25.5. The number of hydrogen-bond acceptors (Lipinski definition) is 9. The summed E-state index contributed by atoms with van der Waals surface area (Å²) in [6, 6.07) is 6.86. The Balaban J connectivity index is 2.02. The fraction of sp³-hybridized carbons (Fsp3) is 0.824. The van der Waals surface area contributed by atoms with E-state index in [2.05, 4.69) is 24.5 Å². The number of aliphatic hydroxyl groups is 3. The summed E-state index contributed by atoms with van der Waals surface area (Å²) in [5, 5.41) is 38.1. The minimum absolute atomic E-state index is 0.00443. The number of carbonyl (C=O) groups is 3. The molecule has 364 valence electrons. The van der Waals surface area contributed by atoms with Gasteiger partial charge in [0.25, 0.3) is 0 Å². The van der Waals surface area contributed by atoms with Crippen molar-refractivity contribution < 1.29 is 43.9 Å². The van der Waals surface area contributed by atoms with Gasteiger partial charge in [-0.15, -0.1) is 0 Å². The normalized spacial score (nSPS) is 19.1. The van der Waals surface area contributed by atoms with E-state index in [0.29, 0.717) is 12.8 Å². The first-order chi connectivity index (χ1) is 30.6. The molecule has 1 fully saturated rings. The number of nitrogens with zero attached hydrogens (tertiary/aromatic N) is 1. The van der Waals surface area contributed by atoms with Gasteiger partial charge >= 0.3 is 12.2 Å². The van der Waals surface area contributed by atoms with Crippen molar-refractivity contribution >= 4 is 18.1 Å². The number of benzene rings is 1. The number of ether oxygens (including phenoxy) is 3. The van der Waals surface area contributed by atoms with Crippen molar-refractivity contribution in [3.8, 4) is 0 Å². The van der Waals surface area contributed by atoms with Gasteiger partial charge in [0.05, 0.1) is 13.2 Å². The van der Waals surface area contributed by atoms with E-state index in [1.54, 1.807) is 0 Å². The minimum atomic E-state index is -1.60. The Hall–Kier alpha value is -2.93. The molecule has 5 N–H and O–H groups in total. The van der Waals surface area contributed by atoms with Crippen LogP contribution in [0.4, 0.5) is 9.59 Å². The monoisotopic (exact) mass is 890 g/mol. The molecule has 2 rings (SSSR count). The number of nitrogens with one attached hydrogen (secondary N) is 2. The molecule has 1 heterocycles. The van der Waals surface area contributed by atoms with Crippen molar-refractivity contribution in [3.63, 3.8) is 0 Å². The van der Waals surface area contributed by atoms with Crippen LogP contribution in [0.1, 0.15) is 207 Å². The highest BCUT2D eigenvalue weighted by atomic mass is 16.6. The van der Waals surface area contributed by atoms with Crippen LogP contribution >= 0.6 is 0 Å². The van der Waals surface area contributed by atoms with Gasteiger partial charge < -0.3 is 40.2 Å². The molecule has 0 aromatic heterocycles. The summed E-state index contributed by atoms with van der Waals surface area (Å²) in [6.07, 6.45) is 24.1. The quantitative estimate of drug-likeness (QED) is 0.0409. The van der Waals surface area contributed by atoms with Crippen molar-refractivity contribution in [1.82, 2.24) is 15.5 Å². The van der Waals surface area contributed by atoms with Crippen molar-refractivity contribution in [1.29, 1.82) is 0 Å². The zero-order valence-corrected chi connectivity index (χ0v) is 40.1. The van der Waals surface area contributed by atoms with E-state index in [0.717, 1.165) is 44.1 Å². The van der Waals surface area contributed by atoms with Gasteiger partial charge in [-0.3, -0.25) is 9.69 Å². The van der Waals surface area contributed by atoms with Crippen LogP contribution in [0.25, 0.3) is 0 Å². The second-order valence-corrected chi connectivity index (χ2v) is 18.4. The largest absolute Gasteiger partial charge is 0.449 e. The van der Waals surface area contributed by atoms with Gasteiger partial charge in [-0.05, 0) is 30.7 Å². The second-order valence-electron chi connectivity index (χ2n) is 18.4. The van der Waals surface area contributed by atoms with Crippen LogP contribution in [0.2, 0.25) is 0 Å². The maximum atomic E-state index is 14.0. The molecule has 0 saturated carbocycles. The zero-order chi connectivity index (χ0) is 45.9. The number of hydrogen-bond donors (Lipinski definition) is 5. The third kappa shape index (κ3) is 25.4. The Bertz CT molecular complexity index is 1290. The summed E-state index contributed by atoms with van der Waals surface area (Å²) in [4.78, 5) is 42.2. The van der Waals surface area contributed by atoms with Crippen LogP contribution in [0.15, 0.2) is 30.3 Å². The molecule has 1 aromatic carbocycles. The van der Waals surface area contributed by atoms with Crippen LogP contribution in [0.3, 0.4) is 0 Å². The molecule has 0 radical (unpaired) electrons. The Morgan fingerprint density at radius 1 is 0.667 bits per heavy atom. The number of amides is 3. The highest BCUT2D eigenvalue weighted by Crippen LogP contribution is 2.26. The number of unbranched alkanes of at least 4 members (excludes halogenated alkanes) is 24. The lowest BCUT2D eigenvalue weighted by Crippen LogP contribution is -2.70. The predicted molar refractivity (Wildman–Crippen MR) is 252 cm³/mol. The summed E-state index contributed by atoms with van der Waals surface area (Å²) in [5.41, 5.74) is 0.791. The standard InChI is InChI=1S/C51H91N3O9/c1-5-7-9-11-13-15-17-18-19-20-21-22-24-26-28-33-37-61-51(60)54(36-32-27-25-23-16-14-12-10-8-6-2)49-45(47(57)46(56)44(39-55)63-49)53-48(58)43(38-41(3)4)52-50(59)62-40-42-34-30-29-31-35-42/h29-31,34-35,41,43-47,49,55-57H,5-28,32-33,36-40H2,1-4H3,(H,52,59)(H,53,58)/t43-,44+,45+,46+,47+,49+/m0/s1. The van der Waals surface area contributed by atoms with Crippen LogP contribution < -0.4 is 10.6 Å². The maximum absolute atomic E-state index is 14.0. The molecule has 1 aromatic rings. The average molecular weight is 890 g/mol. The minimum Gasteiger partial charge on any atom is -0.449 e. The first-order valence-corrected chi connectivity index (χ1v) is 25.5. The van der Waals surface area contributed by atoms with Crippen LogP contribution in [-0.4, -0.2) is 94.7 Å². The summed E-state index contributed by atoms with van der Waals surface area (Å²) in [7, 11) is 0. The molecule has 1 aliphatic rings. The average Bonchev–Trinajstić information content (AvgIpc) is 3.27. The Labute approximate surface area is 382 Å². The molecule has 6 atom stereocenters. The molecule has 1 saturated heterocycles. The number of carbonyl (C=O) groups excluding carboxylic acids is 3. The van der Waals surface area contributed by atoms with Gasteiger partial charge in [0, 0.05) is 6.54 Å². The Morgan fingerprint density at radius 2 is 1.14 bits per heavy atom. The van der Waals surface area contributed by atoms with E-state index in [9.17, 15) is 29.7 Å². The number of aliphatic hydroxyl groups excluding tert-OH is 3. The third-order valence-electron chi connectivity index (χ3n) is 12.3. The molecule has 12 nitrogen and oxygen atoms in total. The van der Waals surface area contributed by atoms with Crippen molar-refractivity contribution in [2.24, 2.45) is 5.92 Å². The topological polar surface area (TPSA) is 167 Å². The van der Waals surface area contributed by atoms with E-state index in [1.165, 1.54) is 120 Å². The SMILES string of the molecule is CCCCCCCCCCCCCCCCCCOC(=O)N(CCCCCCCCCCCC)[C@@H]1O[C@H](CO)[C@@H](O)[C@H](O)[C@H]1NC(=O)[C@H](CC(C)C)NC(=O)OCc1ccccc1. The Morgan fingerprint density at radius 3 is 1.62 bits per heavy atom. The predicted octanol–water partition coefficient (Wildman–Crippen LogP) is 10.9. The molecule has 3 amide bonds. The molecule has 12 heteroatoms. The van der Waals surface area contributed by atoms with Gasteiger partial charge in [0.2, 0.25) is 5.91 Å². The first kappa shape index (κ1) is 56.2. The molecule has 1 aliphatic heterocycles. The Kier molecular flexibility index (Phi) is 32.4. The van der Waals surface area contributed by atoms with Gasteiger partial charge in [-0.25, -0.2) is 9.59 Å². The van der Waals surface area contributed by atoms with Gasteiger partial charge in [0.1, 0.15) is 37.0 Å². The van der Waals surface area contributed by atoms with Crippen molar-refractivity contribution in [3.05, 3.63) is 35.9 Å². The lowest BCUT2D eigenvalue weighted by molar-refractivity contribution is -0.226. The van der Waals surface area contributed by atoms with E-state index in [1.807, 2.05) is 44.2 Å². The van der Waals surface area contributed by atoms with E-state index < -0.39 is 61.3 Å². The second kappa shape index (κ2) is 36.3.